The number of rotatable bonds is 2. The minimum atomic E-state index is -0.311. The van der Waals surface area contributed by atoms with Gasteiger partial charge in [-0.05, 0) is 41.6 Å². The van der Waals surface area contributed by atoms with Crippen LogP contribution in [0.1, 0.15) is 24.0 Å². The van der Waals surface area contributed by atoms with Crippen molar-refractivity contribution in [3.63, 3.8) is 0 Å². The van der Waals surface area contributed by atoms with Gasteiger partial charge in [0.25, 0.3) is 5.69 Å². The second-order valence-electron chi connectivity index (χ2n) is 3.83. The van der Waals surface area contributed by atoms with Gasteiger partial charge in [-0.15, -0.1) is 0 Å². The normalized spacial score (nSPS) is 14.4. The van der Waals surface area contributed by atoms with Crippen LogP contribution in [0.2, 0.25) is 0 Å². The number of nitrogens with zero attached hydrogens (tertiary/aromatic N) is 1. The minimum Gasteiger partial charge on any atom is -0.495 e. The molecular formula is C11H12BrNO3. The summed E-state index contributed by atoms with van der Waals surface area (Å²) in [5, 5.41) is 11.0. The van der Waals surface area contributed by atoms with Crippen molar-refractivity contribution < 1.29 is 9.66 Å². The van der Waals surface area contributed by atoms with Crippen LogP contribution in [0.4, 0.5) is 5.69 Å². The average molecular weight is 286 g/mol. The number of benzene rings is 1. The molecule has 0 atom stereocenters. The molecule has 2 rings (SSSR count). The monoisotopic (exact) mass is 285 g/mol. The first-order chi connectivity index (χ1) is 7.65. The van der Waals surface area contributed by atoms with Crippen molar-refractivity contribution >= 4 is 21.6 Å². The van der Waals surface area contributed by atoms with Gasteiger partial charge in [0, 0.05) is 17.2 Å². The van der Waals surface area contributed by atoms with E-state index in [9.17, 15) is 10.1 Å². The van der Waals surface area contributed by atoms with Crippen molar-refractivity contribution in [2.24, 2.45) is 0 Å². The highest BCUT2D eigenvalue weighted by molar-refractivity contribution is 9.10. The summed E-state index contributed by atoms with van der Waals surface area (Å²) in [5.74, 6) is 0.750. The maximum Gasteiger partial charge on any atom is 0.274 e. The van der Waals surface area contributed by atoms with Crippen LogP contribution in [-0.4, -0.2) is 12.0 Å². The van der Waals surface area contributed by atoms with E-state index in [1.54, 1.807) is 13.2 Å². The molecule has 1 aliphatic carbocycles. The summed E-state index contributed by atoms with van der Waals surface area (Å²) in [7, 11) is 1.60. The first-order valence-electron chi connectivity index (χ1n) is 5.17. The van der Waals surface area contributed by atoms with Crippen LogP contribution in [0.25, 0.3) is 0 Å². The standard InChI is InChI=1S/C11H12BrNO3/c1-16-11-8-5-3-2-4-7(8)10(13(14)15)6-9(11)12/h6H,2-5H2,1H3. The zero-order chi connectivity index (χ0) is 11.7. The molecule has 0 spiro atoms. The Bertz CT molecular complexity index is 445. The highest BCUT2D eigenvalue weighted by Gasteiger charge is 2.25. The number of nitro benzene ring substituents is 1. The van der Waals surface area contributed by atoms with Crippen LogP contribution in [0.5, 0.6) is 5.75 Å². The van der Waals surface area contributed by atoms with E-state index in [1.165, 1.54) is 0 Å². The van der Waals surface area contributed by atoms with Gasteiger partial charge in [0.05, 0.1) is 16.5 Å². The minimum absolute atomic E-state index is 0.211. The van der Waals surface area contributed by atoms with Crippen molar-refractivity contribution in [3.8, 4) is 5.75 Å². The summed E-state index contributed by atoms with van der Waals surface area (Å²) in [5.41, 5.74) is 2.05. The number of hydrogen-bond donors (Lipinski definition) is 0. The number of ether oxygens (including phenoxy) is 1. The third-order valence-electron chi connectivity index (χ3n) is 2.93. The van der Waals surface area contributed by atoms with Crippen LogP contribution in [-0.2, 0) is 12.8 Å². The van der Waals surface area contributed by atoms with Gasteiger partial charge in [-0.2, -0.15) is 0 Å². The Kier molecular flexibility index (Phi) is 3.14. The molecule has 86 valence electrons. The number of halogens is 1. The van der Waals surface area contributed by atoms with Gasteiger partial charge in [0.15, 0.2) is 0 Å². The van der Waals surface area contributed by atoms with Gasteiger partial charge in [-0.3, -0.25) is 10.1 Å². The lowest BCUT2D eigenvalue weighted by molar-refractivity contribution is -0.385. The summed E-state index contributed by atoms with van der Waals surface area (Å²) in [4.78, 5) is 10.7. The molecule has 0 aromatic heterocycles. The maximum absolute atomic E-state index is 11.0. The smallest absolute Gasteiger partial charge is 0.274 e. The summed E-state index contributed by atoms with van der Waals surface area (Å²) >= 11 is 3.33. The lowest BCUT2D eigenvalue weighted by atomic mass is 9.90. The van der Waals surface area contributed by atoms with E-state index in [2.05, 4.69) is 15.9 Å². The molecule has 0 aliphatic heterocycles. The summed E-state index contributed by atoms with van der Waals surface area (Å²) < 4.78 is 5.98. The Morgan fingerprint density at radius 1 is 1.38 bits per heavy atom. The van der Waals surface area contributed by atoms with E-state index >= 15 is 0 Å². The third kappa shape index (κ3) is 1.80. The van der Waals surface area contributed by atoms with Crippen molar-refractivity contribution in [1.82, 2.24) is 0 Å². The predicted molar refractivity (Wildman–Crippen MR) is 64.0 cm³/mol. The largest absolute Gasteiger partial charge is 0.495 e. The third-order valence-corrected chi connectivity index (χ3v) is 3.52. The van der Waals surface area contributed by atoms with E-state index in [4.69, 9.17) is 4.74 Å². The van der Waals surface area contributed by atoms with Crippen LogP contribution < -0.4 is 4.74 Å². The number of methoxy groups -OCH3 is 1. The highest BCUT2D eigenvalue weighted by Crippen LogP contribution is 2.41. The van der Waals surface area contributed by atoms with Gasteiger partial charge in [-0.1, -0.05) is 0 Å². The molecular weight excluding hydrogens is 274 g/mol. The molecule has 0 radical (unpaired) electrons. The van der Waals surface area contributed by atoms with E-state index in [-0.39, 0.29) is 10.6 Å². The molecule has 1 aliphatic rings. The number of nitro groups is 1. The lowest BCUT2D eigenvalue weighted by Crippen LogP contribution is -2.08. The fourth-order valence-electron chi connectivity index (χ4n) is 2.24. The first kappa shape index (κ1) is 11.4. The van der Waals surface area contributed by atoms with E-state index in [0.29, 0.717) is 4.47 Å². The van der Waals surface area contributed by atoms with Gasteiger partial charge in [-0.25, -0.2) is 0 Å². The van der Waals surface area contributed by atoms with Gasteiger partial charge < -0.3 is 4.74 Å². The summed E-state index contributed by atoms with van der Waals surface area (Å²) in [6, 6.07) is 1.54. The Labute approximate surface area is 102 Å². The second kappa shape index (κ2) is 4.41. The molecule has 0 unspecified atom stereocenters. The van der Waals surface area contributed by atoms with Crippen LogP contribution >= 0.6 is 15.9 Å². The average Bonchev–Trinajstić information content (AvgIpc) is 2.28. The molecule has 5 heteroatoms. The fraction of sp³-hybridized carbons (Fsp3) is 0.455. The zero-order valence-corrected chi connectivity index (χ0v) is 10.5. The van der Waals surface area contributed by atoms with E-state index < -0.39 is 0 Å². The van der Waals surface area contributed by atoms with Gasteiger partial charge in [0.1, 0.15) is 5.75 Å². The van der Waals surface area contributed by atoms with Crippen molar-refractivity contribution in [3.05, 3.63) is 31.8 Å². The Balaban J connectivity index is 2.67. The number of hydrogen-bond acceptors (Lipinski definition) is 3. The lowest BCUT2D eigenvalue weighted by Gasteiger charge is -2.19. The first-order valence-corrected chi connectivity index (χ1v) is 5.97. The Hall–Kier alpha value is -1.10. The molecule has 0 fully saturated rings. The predicted octanol–water partition coefficient (Wildman–Crippen LogP) is 3.24. The molecule has 0 saturated heterocycles. The van der Waals surface area contributed by atoms with Gasteiger partial charge >= 0.3 is 0 Å². The summed E-state index contributed by atoms with van der Waals surface area (Å²) in [6.07, 6.45) is 3.71. The summed E-state index contributed by atoms with van der Waals surface area (Å²) in [6.45, 7) is 0. The molecule has 4 nitrogen and oxygen atoms in total. The second-order valence-corrected chi connectivity index (χ2v) is 4.69. The molecule has 0 saturated carbocycles. The topological polar surface area (TPSA) is 52.4 Å². The molecule has 0 N–H and O–H groups in total. The molecule has 0 heterocycles. The van der Waals surface area contributed by atoms with E-state index in [0.717, 1.165) is 42.6 Å². The van der Waals surface area contributed by atoms with Gasteiger partial charge in [0.2, 0.25) is 0 Å². The zero-order valence-electron chi connectivity index (χ0n) is 8.96. The molecule has 1 aromatic carbocycles. The van der Waals surface area contributed by atoms with Crippen LogP contribution in [0, 0.1) is 10.1 Å². The quantitative estimate of drug-likeness (QED) is 0.619. The molecule has 0 bridgehead atoms. The molecule has 0 amide bonds. The van der Waals surface area contributed by atoms with Crippen molar-refractivity contribution in [1.29, 1.82) is 0 Å². The Morgan fingerprint density at radius 3 is 2.56 bits per heavy atom. The van der Waals surface area contributed by atoms with Crippen LogP contribution in [0.3, 0.4) is 0 Å². The highest BCUT2D eigenvalue weighted by atomic mass is 79.9. The van der Waals surface area contributed by atoms with E-state index in [1.807, 2.05) is 0 Å². The molecule has 1 aromatic rings. The number of fused-ring (bicyclic) bond motifs is 1. The van der Waals surface area contributed by atoms with Crippen molar-refractivity contribution in [2.45, 2.75) is 25.7 Å². The fourth-order valence-corrected chi connectivity index (χ4v) is 2.86. The maximum atomic E-state index is 11.0. The molecule has 16 heavy (non-hydrogen) atoms. The SMILES string of the molecule is COc1c(Br)cc([N+](=O)[O-])c2c1CCCC2. The Morgan fingerprint density at radius 2 is 2.00 bits per heavy atom. The van der Waals surface area contributed by atoms with Crippen LogP contribution in [0.15, 0.2) is 10.5 Å². The van der Waals surface area contributed by atoms with Crippen molar-refractivity contribution in [2.75, 3.05) is 7.11 Å².